The van der Waals surface area contributed by atoms with Gasteiger partial charge in [0.2, 0.25) is 0 Å². The van der Waals surface area contributed by atoms with E-state index < -0.39 is 0 Å². The lowest BCUT2D eigenvalue weighted by Gasteiger charge is -2.23. The third-order valence-corrected chi connectivity index (χ3v) is 3.66. The zero-order valence-electron chi connectivity index (χ0n) is 12.8. The number of rotatable bonds is 3. The van der Waals surface area contributed by atoms with E-state index in [0.29, 0.717) is 6.04 Å². The average molecular weight is 423 g/mol. The van der Waals surface area contributed by atoms with Gasteiger partial charge in [-0.3, -0.25) is 4.99 Å². The van der Waals surface area contributed by atoms with Crippen LogP contribution in [0.15, 0.2) is 29.3 Å². The Morgan fingerprint density at radius 3 is 2.86 bits per heavy atom. The number of halogens is 2. The monoisotopic (exact) mass is 422 g/mol. The molecule has 2 rings (SSSR count). The first-order chi connectivity index (χ1) is 9.60. The summed E-state index contributed by atoms with van der Waals surface area (Å²) in [6.07, 6.45) is 1.11. The summed E-state index contributed by atoms with van der Waals surface area (Å²) in [6, 6.07) is 8.48. The van der Waals surface area contributed by atoms with Crippen molar-refractivity contribution in [2.75, 3.05) is 38.6 Å². The van der Waals surface area contributed by atoms with E-state index in [0.717, 1.165) is 37.0 Å². The summed E-state index contributed by atoms with van der Waals surface area (Å²) in [7, 11) is 4.04. The van der Waals surface area contributed by atoms with Gasteiger partial charge in [0, 0.05) is 50.5 Å². The van der Waals surface area contributed by atoms with E-state index in [1.54, 1.807) is 0 Å². The molecule has 1 heterocycles. The van der Waals surface area contributed by atoms with E-state index in [4.69, 9.17) is 11.6 Å². The zero-order valence-corrected chi connectivity index (χ0v) is 15.9. The molecule has 1 aromatic carbocycles. The van der Waals surface area contributed by atoms with Gasteiger partial charge in [0.15, 0.2) is 5.96 Å². The lowest BCUT2D eigenvalue weighted by molar-refractivity contribution is 0.546. The van der Waals surface area contributed by atoms with E-state index in [2.05, 4.69) is 28.2 Å². The maximum absolute atomic E-state index is 6.06. The molecule has 6 heteroatoms. The Kier molecular flexibility index (Phi) is 7.59. The third-order valence-electron chi connectivity index (χ3n) is 3.43. The van der Waals surface area contributed by atoms with Crippen LogP contribution in [0.2, 0.25) is 5.02 Å². The number of nitrogens with one attached hydrogen (secondary N) is 1. The second-order valence-electron chi connectivity index (χ2n) is 5.25. The molecule has 1 aliphatic heterocycles. The van der Waals surface area contributed by atoms with E-state index in [9.17, 15) is 0 Å². The summed E-state index contributed by atoms with van der Waals surface area (Å²) >= 11 is 6.06. The molecule has 1 fully saturated rings. The van der Waals surface area contributed by atoms with Gasteiger partial charge in [0.05, 0.1) is 0 Å². The molecule has 1 saturated heterocycles. The number of hydrogen-bond acceptors (Lipinski definition) is 2. The molecule has 1 aromatic rings. The SMILES string of the molecule is CCN=C(NC1CCN(c2cccc(Cl)c2)C1)N(C)C.I. The zero-order chi connectivity index (χ0) is 14.5. The molecule has 4 nitrogen and oxygen atoms in total. The Labute approximate surface area is 149 Å². The second-order valence-corrected chi connectivity index (χ2v) is 5.68. The molecule has 0 aliphatic carbocycles. The fourth-order valence-electron chi connectivity index (χ4n) is 2.43. The van der Waals surface area contributed by atoms with Crippen molar-refractivity contribution in [3.05, 3.63) is 29.3 Å². The highest BCUT2D eigenvalue weighted by atomic mass is 127. The number of benzene rings is 1. The molecule has 1 N–H and O–H groups in total. The van der Waals surface area contributed by atoms with Crippen LogP contribution in [0, 0.1) is 0 Å². The number of guanidine groups is 1. The molecule has 1 atom stereocenters. The minimum atomic E-state index is 0. The van der Waals surface area contributed by atoms with Crippen molar-refractivity contribution < 1.29 is 0 Å². The van der Waals surface area contributed by atoms with Crippen molar-refractivity contribution in [1.82, 2.24) is 10.2 Å². The predicted octanol–water partition coefficient (Wildman–Crippen LogP) is 3.06. The molecular weight excluding hydrogens is 399 g/mol. The fourth-order valence-corrected chi connectivity index (χ4v) is 2.62. The second kappa shape index (κ2) is 8.68. The summed E-state index contributed by atoms with van der Waals surface area (Å²) in [5, 5.41) is 4.32. The van der Waals surface area contributed by atoms with Gasteiger partial charge < -0.3 is 15.1 Å². The molecule has 0 amide bonds. The number of anilines is 1. The van der Waals surface area contributed by atoms with Crippen LogP contribution in [0.3, 0.4) is 0 Å². The normalized spacial score (nSPS) is 18.4. The van der Waals surface area contributed by atoms with Gasteiger partial charge in [-0.05, 0) is 31.5 Å². The standard InChI is InChI=1S/C15H23ClN4.HI/c1-4-17-15(19(2)3)18-13-8-9-20(11-13)14-7-5-6-12(16)10-14;/h5-7,10,13H,4,8-9,11H2,1-3H3,(H,17,18);1H. The Morgan fingerprint density at radius 2 is 2.24 bits per heavy atom. The van der Waals surface area contributed by atoms with Gasteiger partial charge >= 0.3 is 0 Å². The summed E-state index contributed by atoms with van der Waals surface area (Å²) < 4.78 is 0. The van der Waals surface area contributed by atoms with Crippen molar-refractivity contribution >= 4 is 47.2 Å². The molecule has 1 aliphatic rings. The van der Waals surface area contributed by atoms with Gasteiger partial charge in [0.25, 0.3) is 0 Å². The van der Waals surface area contributed by atoms with Gasteiger partial charge in [-0.2, -0.15) is 0 Å². The minimum absolute atomic E-state index is 0. The number of hydrogen-bond donors (Lipinski definition) is 1. The van der Waals surface area contributed by atoms with Gasteiger partial charge in [-0.25, -0.2) is 0 Å². The van der Waals surface area contributed by atoms with Crippen LogP contribution >= 0.6 is 35.6 Å². The lowest BCUT2D eigenvalue weighted by Crippen LogP contribution is -2.44. The topological polar surface area (TPSA) is 30.9 Å². The molecule has 1 unspecified atom stereocenters. The molecule has 0 aromatic heterocycles. The Bertz CT molecular complexity index is 478. The molecule has 0 radical (unpaired) electrons. The first-order valence-electron chi connectivity index (χ1n) is 7.09. The van der Waals surface area contributed by atoms with Crippen LogP contribution in [0.4, 0.5) is 5.69 Å². The molecular formula is C15H24ClIN4. The Hall–Kier alpha value is -0.690. The minimum Gasteiger partial charge on any atom is -0.369 e. The van der Waals surface area contributed by atoms with Crippen molar-refractivity contribution in [1.29, 1.82) is 0 Å². The number of aliphatic imine (C=N–C) groups is 1. The molecule has 0 saturated carbocycles. The van der Waals surface area contributed by atoms with Gasteiger partial charge in [0.1, 0.15) is 0 Å². The molecule has 21 heavy (non-hydrogen) atoms. The maximum atomic E-state index is 6.06. The van der Waals surface area contributed by atoms with Crippen LogP contribution in [0.5, 0.6) is 0 Å². The maximum Gasteiger partial charge on any atom is 0.193 e. The highest BCUT2D eigenvalue weighted by Crippen LogP contribution is 2.23. The lowest BCUT2D eigenvalue weighted by atomic mass is 10.2. The molecule has 118 valence electrons. The number of nitrogens with zero attached hydrogens (tertiary/aromatic N) is 3. The third kappa shape index (κ3) is 5.21. The Morgan fingerprint density at radius 1 is 1.48 bits per heavy atom. The molecule has 0 spiro atoms. The van der Waals surface area contributed by atoms with Crippen molar-refractivity contribution in [3.8, 4) is 0 Å². The highest BCUT2D eigenvalue weighted by molar-refractivity contribution is 14.0. The van der Waals surface area contributed by atoms with E-state index in [1.165, 1.54) is 5.69 Å². The fraction of sp³-hybridized carbons (Fsp3) is 0.533. The first kappa shape index (κ1) is 18.4. The smallest absolute Gasteiger partial charge is 0.193 e. The van der Waals surface area contributed by atoms with Crippen molar-refractivity contribution in [2.24, 2.45) is 4.99 Å². The van der Waals surface area contributed by atoms with E-state index >= 15 is 0 Å². The van der Waals surface area contributed by atoms with E-state index in [-0.39, 0.29) is 24.0 Å². The largest absolute Gasteiger partial charge is 0.369 e. The molecule has 0 bridgehead atoms. The van der Waals surface area contributed by atoms with Crippen LogP contribution < -0.4 is 10.2 Å². The van der Waals surface area contributed by atoms with Crippen LogP contribution in [0.1, 0.15) is 13.3 Å². The van der Waals surface area contributed by atoms with Crippen LogP contribution in [-0.2, 0) is 0 Å². The quantitative estimate of drug-likeness (QED) is 0.461. The van der Waals surface area contributed by atoms with Crippen LogP contribution in [0.25, 0.3) is 0 Å². The van der Waals surface area contributed by atoms with Crippen LogP contribution in [-0.4, -0.2) is 50.6 Å². The van der Waals surface area contributed by atoms with Gasteiger partial charge in [-0.15, -0.1) is 24.0 Å². The average Bonchev–Trinajstić information content (AvgIpc) is 2.87. The van der Waals surface area contributed by atoms with Gasteiger partial charge in [-0.1, -0.05) is 17.7 Å². The van der Waals surface area contributed by atoms with Crippen molar-refractivity contribution in [3.63, 3.8) is 0 Å². The van der Waals surface area contributed by atoms with E-state index in [1.807, 2.05) is 37.2 Å². The van der Waals surface area contributed by atoms with Crippen molar-refractivity contribution in [2.45, 2.75) is 19.4 Å². The Balaban J connectivity index is 0.00000220. The summed E-state index contributed by atoms with van der Waals surface area (Å²) in [5.74, 6) is 0.963. The first-order valence-corrected chi connectivity index (χ1v) is 7.46. The summed E-state index contributed by atoms with van der Waals surface area (Å²) in [6.45, 7) is 4.88. The highest BCUT2D eigenvalue weighted by Gasteiger charge is 2.23. The predicted molar refractivity (Wildman–Crippen MR) is 102 cm³/mol. The summed E-state index contributed by atoms with van der Waals surface area (Å²) in [4.78, 5) is 8.89. The summed E-state index contributed by atoms with van der Waals surface area (Å²) in [5.41, 5.74) is 1.20.